The number of ether oxygens (including phenoxy) is 1. The summed E-state index contributed by atoms with van der Waals surface area (Å²) >= 11 is 5.19. The van der Waals surface area contributed by atoms with Gasteiger partial charge in [-0.2, -0.15) is 0 Å². The normalized spacial score (nSPS) is 13.1. The lowest BCUT2D eigenvalue weighted by atomic mass is 10.1. The van der Waals surface area contributed by atoms with E-state index in [4.69, 9.17) is 10.5 Å². The molecule has 0 aliphatic carbocycles. The van der Waals surface area contributed by atoms with Crippen LogP contribution in [0, 0.1) is 0 Å². The van der Waals surface area contributed by atoms with E-state index >= 15 is 0 Å². The fraction of sp³-hybridized carbons (Fsp3) is 0.214. The third-order valence-electron chi connectivity index (χ3n) is 2.99. The van der Waals surface area contributed by atoms with E-state index in [9.17, 15) is 0 Å². The zero-order valence-electron chi connectivity index (χ0n) is 10.2. The number of thioether (sulfide) groups is 1. The number of nitrogens with two attached hydrogens (primary N) is 1. The van der Waals surface area contributed by atoms with Crippen LogP contribution in [0.5, 0.6) is 5.75 Å². The number of nitrogens with zero attached hydrogens (tertiary/aromatic N) is 1. The summed E-state index contributed by atoms with van der Waals surface area (Å²) in [7, 11) is 0. The summed E-state index contributed by atoms with van der Waals surface area (Å²) in [5, 5.41) is 0.870. The maximum absolute atomic E-state index is 5.90. The third-order valence-corrected chi connectivity index (χ3v) is 4.52. The largest absolute Gasteiger partial charge is 0.493 e. The Labute approximate surface area is 124 Å². The van der Waals surface area contributed by atoms with Gasteiger partial charge >= 0.3 is 0 Å². The second-order valence-electron chi connectivity index (χ2n) is 4.34. The average molecular weight is 337 g/mol. The molecule has 0 saturated carbocycles. The van der Waals surface area contributed by atoms with Crippen molar-refractivity contribution in [3.63, 3.8) is 0 Å². The van der Waals surface area contributed by atoms with Gasteiger partial charge in [-0.15, -0.1) is 0 Å². The molecule has 0 radical (unpaired) electrons. The summed E-state index contributed by atoms with van der Waals surface area (Å²) in [5.74, 6) is 1.84. The van der Waals surface area contributed by atoms with Crippen LogP contribution in [-0.4, -0.2) is 11.6 Å². The summed E-state index contributed by atoms with van der Waals surface area (Å²) in [5.41, 5.74) is 9.09. The van der Waals surface area contributed by atoms with Crippen molar-refractivity contribution in [3.05, 3.63) is 46.1 Å². The van der Waals surface area contributed by atoms with Crippen LogP contribution >= 0.6 is 27.7 Å². The average Bonchev–Trinajstić information content (AvgIpc) is 2.85. The summed E-state index contributed by atoms with van der Waals surface area (Å²) in [4.78, 5) is 4.29. The molecule has 0 unspecified atom stereocenters. The molecule has 0 amide bonds. The van der Waals surface area contributed by atoms with E-state index in [-0.39, 0.29) is 0 Å². The van der Waals surface area contributed by atoms with Crippen LogP contribution < -0.4 is 10.5 Å². The molecule has 0 spiro atoms. The van der Waals surface area contributed by atoms with E-state index in [1.807, 2.05) is 12.1 Å². The Hall–Kier alpha value is -1.20. The van der Waals surface area contributed by atoms with Crippen molar-refractivity contribution in [1.29, 1.82) is 0 Å². The van der Waals surface area contributed by atoms with Crippen LogP contribution in [0.1, 0.15) is 11.1 Å². The number of hydrogen-bond acceptors (Lipinski definition) is 4. The van der Waals surface area contributed by atoms with Gasteiger partial charge in [-0.3, -0.25) is 0 Å². The number of anilines is 1. The first-order chi connectivity index (χ1) is 9.24. The van der Waals surface area contributed by atoms with Crippen molar-refractivity contribution in [2.45, 2.75) is 17.2 Å². The predicted molar refractivity (Wildman–Crippen MR) is 81.6 cm³/mol. The lowest BCUT2D eigenvalue weighted by molar-refractivity contribution is 0.354. The summed E-state index contributed by atoms with van der Waals surface area (Å²) in [6, 6.07) is 7.96. The summed E-state index contributed by atoms with van der Waals surface area (Å²) in [6.07, 6.45) is 2.75. The standard InChI is InChI=1S/C14H13BrN2OS/c15-11-6-9-3-5-18-13(9)10(7-11)8-19-14-12(16)2-1-4-17-14/h1-2,4,6-7H,3,5,8,16H2. The van der Waals surface area contributed by atoms with Gasteiger partial charge in [0.2, 0.25) is 0 Å². The maximum Gasteiger partial charge on any atom is 0.126 e. The number of benzene rings is 1. The highest BCUT2D eigenvalue weighted by atomic mass is 79.9. The Morgan fingerprint density at radius 3 is 3.16 bits per heavy atom. The van der Waals surface area contributed by atoms with Crippen molar-refractivity contribution in [2.75, 3.05) is 12.3 Å². The van der Waals surface area contributed by atoms with Crippen LogP contribution in [0.15, 0.2) is 40.0 Å². The summed E-state index contributed by atoms with van der Waals surface area (Å²) in [6.45, 7) is 0.773. The second kappa shape index (κ2) is 5.43. The number of hydrogen-bond donors (Lipinski definition) is 1. The molecule has 0 fully saturated rings. The highest BCUT2D eigenvalue weighted by molar-refractivity contribution is 9.10. The van der Waals surface area contributed by atoms with E-state index in [1.54, 1.807) is 18.0 Å². The molecule has 98 valence electrons. The Bertz CT molecular complexity index is 618. The molecule has 0 saturated heterocycles. The molecule has 5 heteroatoms. The van der Waals surface area contributed by atoms with E-state index in [0.29, 0.717) is 0 Å². The molecule has 3 rings (SSSR count). The lowest BCUT2D eigenvalue weighted by Gasteiger charge is -2.09. The van der Waals surface area contributed by atoms with Crippen molar-refractivity contribution in [1.82, 2.24) is 4.98 Å². The third kappa shape index (κ3) is 2.72. The van der Waals surface area contributed by atoms with Crippen LogP contribution in [-0.2, 0) is 12.2 Å². The number of halogens is 1. The van der Waals surface area contributed by atoms with Crippen LogP contribution in [0.4, 0.5) is 5.69 Å². The molecule has 1 aliphatic heterocycles. The lowest BCUT2D eigenvalue weighted by Crippen LogP contribution is -1.93. The van der Waals surface area contributed by atoms with Gasteiger partial charge in [0.25, 0.3) is 0 Å². The molecule has 2 heterocycles. The van der Waals surface area contributed by atoms with Crippen LogP contribution in [0.2, 0.25) is 0 Å². The topological polar surface area (TPSA) is 48.1 Å². The minimum absolute atomic E-state index is 0.722. The zero-order valence-corrected chi connectivity index (χ0v) is 12.6. The van der Waals surface area contributed by atoms with Crippen LogP contribution in [0.3, 0.4) is 0 Å². The molecule has 1 aliphatic rings. The Balaban J connectivity index is 1.83. The molecule has 2 aromatic rings. The zero-order chi connectivity index (χ0) is 13.2. The van der Waals surface area contributed by atoms with Gasteiger partial charge in [-0.25, -0.2) is 4.98 Å². The van der Waals surface area contributed by atoms with E-state index in [2.05, 4.69) is 33.0 Å². The monoisotopic (exact) mass is 336 g/mol. The van der Waals surface area contributed by atoms with E-state index in [0.717, 1.165) is 39.7 Å². The molecule has 2 N–H and O–H groups in total. The van der Waals surface area contributed by atoms with Crippen molar-refractivity contribution < 1.29 is 4.74 Å². The molecular formula is C14H13BrN2OS. The smallest absolute Gasteiger partial charge is 0.126 e. The fourth-order valence-electron chi connectivity index (χ4n) is 2.12. The van der Waals surface area contributed by atoms with Crippen LogP contribution in [0.25, 0.3) is 0 Å². The van der Waals surface area contributed by atoms with Gasteiger partial charge in [0.05, 0.1) is 12.3 Å². The predicted octanol–water partition coefficient (Wildman–Crippen LogP) is 3.65. The first kappa shape index (κ1) is 12.8. The highest BCUT2D eigenvalue weighted by Crippen LogP contribution is 2.36. The van der Waals surface area contributed by atoms with Gasteiger partial charge in [0.1, 0.15) is 10.8 Å². The fourth-order valence-corrected chi connectivity index (χ4v) is 3.55. The molecule has 3 nitrogen and oxygen atoms in total. The van der Waals surface area contributed by atoms with Gasteiger partial charge in [0.15, 0.2) is 0 Å². The quantitative estimate of drug-likeness (QED) is 0.869. The van der Waals surface area contributed by atoms with Gasteiger partial charge in [0, 0.05) is 28.4 Å². The Morgan fingerprint density at radius 2 is 2.32 bits per heavy atom. The Kier molecular flexibility index (Phi) is 3.66. The SMILES string of the molecule is Nc1cccnc1SCc1cc(Br)cc2c1OCC2. The second-order valence-corrected chi connectivity index (χ2v) is 6.22. The minimum atomic E-state index is 0.722. The van der Waals surface area contributed by atoms with E-state index < -0.39 is 0 Å². The molecule has 0 atom stereocenters. The first-order valence-electron chi connectivity index (χ1n) is 6.01. The molecule has 1 aromatic heterocycles. The number of aromatic nitrogens is 1. The molecular weight excluding hydrogens is 324 g/mol. The van der Waals surface area contributed by atoms with Crippen molar-refractivity contribution in [3.8, 4) is 5.75 Å². The molecule has 1 aromatic carbocycles. The number of fused-ring (bicyclic) bond motifs is 1. The van der Waals surface area contributed by atoms with Gasteiger partial charge < -0.3 is 10.5 Å². The molecule has 0 bridgehead atoms. The summed E-state index contributed by atoms with van der Waals surface area (Å²) < 4.78 is 6.82. The minimum Gasteiger partial charge on any atom is -0.493 e. The van der Waals surface area contributed by atoms with Crippen molar-refractivity contribution >= 4 is 33.4 Å². The maximum atomic E-state index is 5.90. The van der Waals surface area contributed by atoms with E-state index in [1.165, 1.54) is 11.1 Å². The Morgan fingerprint density at radius 1 is 1.42 bits per heavy atom. The van der Waals surface area contributed by atoms with Gasteiger partial charge in [-0.05, 0) is 29.8 Å². The first-order valence-corrected chi connectivity index (χ1v) is 7.79. The van der Waals surface area contributed by atoms with Crippen molar-refractivity contribution in [2.24, 2.45) is 0 Å². The number of pyridine rings is 1. The molecule has 19 heavy (non-hydrogen) atoms. The highest BCUT2D eigenvalue weighted by Gasteiger charge is 2.17. The number of nitrogen functional groups attached to an aromatic ring is 1. The van der Waals surface area contributed by atoms with Gasteiger partial charge in [-0.1, -0.05) is 27.7 Å². The number of rotatable bonds is 3.